The lowest BCUT2D eigenvalue weighted by Gasteiger charge is -2.31. The van der Waals surface area contributed by atoms with Crippen molar-refractivity contribution < 1.29 is 50.6 Å². The Kier molecular flexibility index (Phi) is 19.6. The third kappa shape index (κ3) is 15.0. The second kappa shape index (κ2) is 25.0. The van der Waals surface area contributed by atoms with Gasteiger partial charge in [-0.1, -0.05) is 122 Å². The summed E-state index contributed by atoms with van der Waals surface area (Å²) in [6.07, 6.45) is 17.1. The first-order valence-corrected chi connectivity index (χ1v) is 24.2. The van der Waals surface area contributed by atoms with Crippen LogP contribution in [0.15, 0.2) is 54.9 Å². The largest absolute Gasteiger partial charge is 0.464 e. The minimum atomic E-state index is -4.78. The fraction of sp³-hybridized carbons (Fsp3) is 0.553. The van der Waals surface area contributed by atoms with Crippen molar-refractivity contribution in [3.8, 4) is 18.1 Å². The van der Waals surface area contributed by atoms with Crippen LogP contribution in [-0.2, 0) is 39.3 Å². The van der Waals surface area contributed by atoms with Gasteiger partial charge in [0, 0.05) is 18.9 Å². The summed E-state index contributed by atoms with van der Waals surface area (Å²) in [6.45, 7) is 5.36. The number of nitrogens with two attached hydrogens (primary N) is 1. The number of nitrogens with one attached hydrogen (secondary N) is 1. The Morgan fingerprint density at radius 3 is 2.25 bits per heavy atom. The van der Waals surface area contributed by atoms with E-state index in [1.165, 1.54) is 61.6 Å². The molecular weight excluding hydrogens is 865 g/mol. The molecule has 3 N–H and O–H groups in total. The smallest absolute Gasteiger partial charge is 0.459 e. The molecule has 0 radical (unpaired) electrons. The summed E-state index contributed by atoms with van der Waals surface area (Å²) >= 11 is 0. The van der Waals surface area contributed by atoms with E-state index in [4.69, 9.17) is 35.4 Å². The number of aromatic nitrogens is 4. The average molecular weight is 927 g/mol. The molecule has 0 unspecified atom stereocenters. The number of ether oxygens (including phenoxy) is 3. The molecule has 1 aliphatic heterocycles. The Balaban J connectivity index is 1.39. The normalized spacial score (nSPS) is 18.6. The molecule has 3 heterocycles. The number of esters is 2. The van der Waals surface area contributed by atoms with Crippen molar-refractivity contribution in [2.75, 3.05) is 18.9 Å². The number of unbranched alkanes of at least 4 members (excludes halogenated alkanes) is 10. The molecule has 1 aliphatic rings. The minimum absolute atomic E-state index is 0.0133. The number of benzene rings is 2. The number of imidazole rings is 1. The number of hydrogen-bond donors (Lipinski definition) is 2. The number of anilines is 1. The number of nitrogens with zero attached hydrogens (tertiary/aromatic N) is 4. The SMILES string of the molecule is C#C[C@]1(CO[P@@](=O)(N[C@@H](Cc2cc(F)cc(F)c2)C(=O)OCC(CC)CC)Oc2ccccc2)O[C@@H](n2cnc3c(N)nc(F)nc32)C[C@@H]1OC(=O)CCCCCCCCCCCCC. The zero-order chi connectivity index (χ0) is 46.8. The van der Waals surface area contributed by atoms with E-state index in [9.17, 15) is 22.8 Å². The van der Waals surface area contributed by atoms with Crippen molar-refractivity contribution in [2.45, 2.75) is 147 Å². The van der Waals surface area contributed by atoms with Gasteiger partial charge in [-0.05, 0) is 48.6 Å². The number of terminal acetylenes is 1. The predicted octanol–water partition coefficient (Wildman–Crippen LogP) is 10.1. The van der Waals surface area contributed by atoms with E-state index in [-0.39, 0.29) is 53.7 Å². The zero-order valence-corrected chi connectivity index (χ0v) is 38.4. The van der Waals surface area contributed by atoms with Crippen molar-refractivity contribution in [3.05, 3.63) is 78.1 Å². The summed E-state index contributed by atoms with van der Waals surface area (Å²) in [5, 5.41) is 2.66. The van der Waals surface area contributed by atoms with Gasteiger partial charge in [0.1, 0.15) is 42.4 Å². The van der Waals surface area contributed by atoms with Crippen molar-refractivity contribution in [1.29, 1.82) is 0 Å². The van der Waals surface area contributed by atoms with Crippen LogP contribution in [0.2, 0.25) is 0 Å². The van der Waals surface area contributed by atoms with E-state index in [0.29, 0.717) is 25.3 Å². The van der Waals surface area contributed by atoms with Crippen molar-refractivity contribution in [1.82, 2.24) is 24.6 Å². The van der Waals surface area contributed by atoms with Gasteiger partial charge >= 0.3 is 25.8 Å². The number of hydrogen-bond acceptors (Lipinski definition) is 12. The maximum Gasteiger partial charge on any atom is 0.459 e. The third-order valence-electron chi connectivity index (χ3n) is 11.5. The van der Waals surface area contributed by atoms with Gasteiger partial charge in [-0.25, -0.2) is 18.3 Å². The number of fused-ring (bicyclic) bond motifs is 1. The highest BCUT2D eigenvalue weighted by atomic mass is 31.2. The molecular formula is C47H62F3N6O8P. The third-order valence-corrected chi connectivity index (χ3v) is 13.1. The topological polar surface area (TPSA) is 179 Å². The molecule has 2 aromatic carbocycles. The molecule has 354 valence electrons. The lowest BCUT2D eigenvalue weighted by atomic mass is 9.98. The molecule has 14 nitrogen and oxygen atoms in total. The molecule has 0 saturated carbocycles. The van der Waals surface area contributed by atoms with Crippen LogP contribution < -0.4 is 15.3 Å². The standard InChI is InChI=1S/C47H62F3N6O8P/c1-5-9-10-11-12-13-14-15-16-17-21-24-41(57)62-39-29-40(56-32-52-42-43(51)53-46(50)54-44(42)56)63-47(39,8-4)31-61-65(59,64-37-22-19-18-20-23-37)55-38(45(58)60-30-33(6-2)7-3)27-34-25-35(48)28-36(49)26-34/h4,18-20,22-23,25-26,28,32-33,38-40H,5-7,9-17,21,24,27,29-31H2,1-3H3,(H,55,59)(H2,51,53,54)/t38-,39-,40+,47+,65-/m0/s1. The molecule has 4 aromatic rings. The van der Waals surface area contributed by atoms with Gasteiger partial charge in [-0.3, -0.25) is 18.7 Å². The van der Waals surface area contributed by atoms with Crippen LogP contribution in [-0.4, -0.2) is 62.4 Å². The monoisotopic (exact) mass is 926 g/mol. The minimum Gasteiger partial charge on any atom is -0.464 e. The Morgan fingerprint density at radius 1 is 0.969 bits per heavy atom. The Hall–Kier alpha value is -5.01. The highest BCUT2D eigenvalue weighted by Gasteiger charge is 2.53. The highest BCUT2D eigenvalue weighted by molar-refractivity contribution is 7.52. The fourth-order valence-electron chi connectivity index (χ4n) is 7.68. The van der Waals surface area contributed by atoms with Gasteiger partial charge in [0.25, 0.3) is 0 Å². The van der Waals surface area contributed by atoms with Crippen LogP contribution >= 0.6 is 7.75 Å². The lowest BCUT2D eigenvalue weighted by molar-refractivity contribution is -0.158. The molecule has 5 atom stereocenters. The van der Waals surface area contributed by atoms with Gasteiger partial charge in [0.15, 0.2) is 22.6 Å². The molecule has 1 fully saturated rings. The predicted molar refractivity (Wildman–Crippen MR) is 240 cm³/mol. The second-order valence-electron chi connectivity index (χ2n) is 16.5. The van der Waals surface area contributed by atoms with Crippen molar-refractivity contribution >= 4 is 36.7 Å². The average Bonchev–Trinajstić information content (AvgIpc) is 3.86. The van der Waals surface area contributed by atoms with Crippen LogP contribution in [0.3, 0.4) is 0 Å². The number of carbonyl (C=O) groups is 2. The number of halogens is 3. The summed E-state index contributed by atoms with van der Waals surface area (Å²) in [7, 11) is -4.78. The van der Waals surface area contributed by atoms with Gasteiger partial charge in [0.2, 0.25) is 0 Å². The Morgan fingerprint density at radius 2 is 1.62 bits per heavy atom. The lowest BCUT2D eigenvalue weighted by Crippen LogP contribution is -2.46. The van der Waals surface area contributed by atoms with Crippen LogP contribution in [0.4, 0.5) is 19.0 Å². The van der Waals surface area contributed by atoms with Crippen LogP contribution in [0.5, 0.6) is 5.75 Å². The maximum absolute atomic E-state index is 15.1. The first-order valence-electron chi connectivity index (χ1n) is 22.7. The molecule has 65 heavy (non-hydrogen) atoms. The van der Waals surface area contributed by atoms with E-state index < -0.39 is 74.4 Å². The van der Waals surface area contributed by atoms with Gasteiger partial charge in [0.05, 0.1) is 12.9 Å². The quantitative estimate of drug-likeness (QED) is 0.0181. The molecule has 0 spiro atoms. The Bertz CT molecular complexity index is 2220. The summed E-state index contributed by atoms with van der Waals surface area (Å²) in [6, 6.07) is 9.14. The molecule has 1 saturated heterocycles. The molecule has 0 aliphatic carbocycles. The molecule has 18 heteroatoms. The maximum atomic E-state index is 15.1. The summed E-state index contributed by atoms with van der Waals surface area (Å²) in [5.41, 5.74) is 4.07. The van der Waals surface area contributed by atoms with Crippen molar-refractivity contribution in [2.24, 2.45) is 5.92 Å². The first kappa shape index (κ1) is 51.0. The van der Waals surface area contributed by atoms with Crippen LogP contribution in [0, 0.1) is 36.0 Å². The van der Waals surface area contributed by atoms with E-state index in [1.54, 1.807) is 18.2 Å². The van der Waals surface area contributed by atoms with Gasteiger partial charge in [-0.15, -0.1) is 6.42 Å². The summed E-state index contributed by atoms with van der Waals surface area (Å²) in [4.78, 5) is 39.0. The number of carbonyl (C=O) groups excluding carboxylic acids is 2. The van der Waals surface area contributed by atoms with Gasteiger partial charge in [-0.2, -0.15) is 19.4 Å². The van der Waals surface area contributed by atoms with Crippen LogP contribution in [0.25, 0.3) is 11.2 Å². The molecule has 5 rings (SSSR count). The van der Waals surface area contributed by atoms with Gasteiger partial charge < -0.3 is 24.5 Å². The number of rotatable bonds is 28. The van der Waals surface area contributed by atoms with E-state index in [0.717, 1.165) is 37.8 Å². The second-order valence-corrected chi connectivity index (χ2v) is 18.2. The van der Waals surface area contributed by atoms with E-state index in [2.05, 4.69) is 32.9 Å². The number of para-hydroxylation sites is 1. The Labute approximate surface area is 379 Å². The summed E-state index contributed by atoms with van der Waals surface area (Å²) < 4.78 is 89.9. The van der Waals surface area contributed by atoms with Crippen molar-refractivity contribution in [3.63, 3.8) is 0 Å². The molecule has 2 aromatic heterocycles. The summed E-state index contributed by atoms with van der Waals surface area (Å²) in [5.74, 6) is -0.826. The highest BCUT2D eigenvalue weighted by Crippen LogP contribution is 2.49. The van der Waals surface area contributed by atoms with E-state index in [1.807, 2.05) is 13.8 Å². The van der Waals surface area contributed by atoms with Crippen LogP contribution in [0.1, 0.15) is 129 Å². The van der Waals surface area contributed by atoms with E-state index >= 15 is 4.57 Å². The number of nitrogen functional groups attached to an aromatic ring is 1. The fourth-order valence-corrected chi connectivity index (χ4v) is 9.19. The molecule has 0 amide bonds. The first-order chi connectivity index (χ1) is 31.3. The molecule has 0 bridgehead atoms. The zero-order valence-electron chi connectivity index (χ0n) is 37.5.